The van der Waals surface area contributed by atoms with E-state index in [1.165, 1.54) is 11.1 Å². The van der Waals surface area contributed by atoms with Crippen LogP contribution in [0.1, 0.15) is 18.9 Å². The fraction of sp³-hybridized carbons (Fsp3) is 0.200. The maximum absolute atomic E-state index is 5.78. The van der Waals surface area contributed by atoms with E-state index in [-0.39, 0.29) is 0 Å². The Bertz CT molecular complexity index is 447. The summed E-state index contributed by atoms with van der Waals surface area (Å²) in [5.74, 6) is 1.80. The largest absolute Gasteiger partial charge is 0.458 e. The van der Waals surface area contributed by atoms with E-state index >= 15 is 0 Å². The van der Waals surface area contributed by atoms with E-state index in [2.05, 4.69) is 44.2 Å². The minimum atomic E-state index is 0.890. The van der Waals surface area contributed by atoms with Crippen LogP contribution in [0.5, 0.6) is 5.75 Å². The third-order valence-corrected chi connectivity index (χ3v) is 2.53. The van der Waals surface area contributed by atoms with E-state index in [0.29, 0.717) is 0 Å². The van der Waals surface area contributed by atoms with Crippen molar-refractivity contribution < 1.29 is 4.74 Å². The summed E-state index contributed by atoms with van der Waals surface area (Å²) in [6.45, 7) is 4.17. The lowest BCUT2D eigenvalue weighted by Crippen LogP contribution is -1.91. The molecule has 0 unspecified atom stereocenters. The van der Waals surface area contributed by atoms with Crippen LogP contribution in [0.3, 0.4) is 0 Å². The topological polar surface area (TPSA) is 9.23 Å². The predicted octanol–water partition coefficient (Wildman–Crippen LogP) is 4.16. The van der Waals surface area contributed by atoms with Crippen molar-refractivity contribution in [3.05, 3.63) is 65.5 Å². The summed E-state index contributed by atoms with van der Waals surface area (Å²) in [6.07, 6.45) is 9.29. The predicted molar refractivity (Wildman–Crippen MR) is 67.4 cm³/mol. The van der Waals surface area contributed by atoms with Gasteiger partial charge in [0, 0.05) is 0 Å². The minimum absolute atomic E-state index is 0.890. The van der Waals surface area contributed by atoms with Crippen LogP contribution < -0.4 is 4.74 Å². The molecule has 1 aliphatic carbocycles. The van der Waals surface area contributed by atoms with Gasteiger partial charge in [0.15, 0.2) is 0 Å². The van der Waals surface area contributed by atoms with Crippen molar-refractivity contribution >= 4 is 0 Å². The standard InChI is InChI=1S/C15H16O/c1-12-4-3-5-14(9-6-12)16-15-10-7-13(2)8-11-15/h4-11H,3H2,1-2H3. The molecule has 1 aliphatic rings. The van der Waals surface area contributed by atoms with Crippen LogP contribution in [0.4, 0.5) is 0 Å². The molecule has 0 aromatic heterocycles. The number of aryl methyl sites for hydroxylation is 1. The Morgan fingerprint density at radius 3 is 2.44 bits per heavy atom. The molecule has 0 radical (unpaired) electrons. The van der Waals surface area contributed by atoms with Crippen molar-refractivity contribution in [1.29, 1.82) is 0 Å². The van der Waals surface area contributed by atoms with Crippen molar-refractivity contribution in [3.8, 4) is 5.75 Å². The van der Waals surface area contributed by atoms with E-state index in [9.17, 15) is 0 Å². The number of hydrogen-bond acceptors (Lipinski definition) is 1. The highest BCUT2D eigenvalue weighted by Gasteiger charge is 1.99. The second-order valence-electron chi connectivity index (χ2n) is 4.04. The molecular weight excluding hydrogens is 196 g/mol. The molecule has 0 saturated heterocycles. The van der Waals surface area contributed by atoms with Crippen LogP contribution >= 0.6 is 0 Å². The molecule has 0 saturated carbocycles. The summed E-state index contributed by atoms with van der Waals surface area (Å²) in [7, 11) is 0. The van der Waals surface area contributed by atoms with Gasteiger partial charge in [0.2, 0.25) is 0 Å². The molecule has 16 heavy (non-hydrogen) atoms. The normalized spacial score (nSPS) is 15.1. The van der Waals surface area contributed by atoms with Crippen LogP contribution in [-0.2, 0) is 0 Å². The van der Waals surface area contributed by atoms with Crippen LogP contribution in [-0.4, -0.2) is 0 Å². The van der Waals surface area contributed by atoms with Gasteiger partial charge in [-0.1, -0.05) is 35.4 Å². The van der Waals surface area contributed by atoms with Crippen LogP contribution in [0.2, 0.25) is 0 Å². The lowest BCUT2D eigenvalue weighted by molar-refractivity contribution is 0.442. The molecule has 1 aromatic carbocycles. The first-order valence-electron chi connectivity index (χ1n) is 5.53. The fourth-order valence-corrected chi connectivity index (χ4v) is 1.53. The highest BCUT2D eigenvalue weighted by Crippen LogP contribution is 2.17. The van der Waals surface area contributed by atoms with Crippen molar-refractivity contribution in [2.45, 2.75) is 20.3 Å². The Balaban J connectivity index is 2.08. The highest BCUT2D eigenvalue weighted by atomic mass is 16.5. The van der Waals surface area contributed by atoms with Gasteiger partial charge in [-0.05, 0) is 44.6 Å². The average molecular weight is 212 g/mol. The lowest BCUT2D eigenvalue weighted by atomic mass is 10.2. The van der Waals surface area contributed by atoms with Crippen molar-refractivity contribution in [3.63, 3.8) is 0 Å². The van der Waals surface area contributed by atoms with E-state index in [1.807, 2.05) is 18.2 Å². The maximum Gasteiger partial charge on any atom is 0.127 e. The lowest BCUT2D eigenvalue weighted by Gasteiger charge is -2.06. The van der Waals surface area contributed by atoms with Crippen molar-refractivity contribution in [2.75, 3.05) is 0 Å². The smallest absolute Gasteiger partial charge is 0.127 e. The summed E-state index contributed by atoms with van der Waals surface area (Å²) in [6, 6.07) is 8.10. The van der Waals surface area contributed by atoms with E-state index in [1.54, 1.807) is 0 Å². The summed E-state index contributed by atoms with van der Waals surface area (Å²) in [4.78, 5) is 0. The van der Waals surface area contributed by atoms with E-state index in [4.69, 9.17) is 4.74 Å². The molecule has 0 heterocycles. The zero-order chi connectivity index (χ0) is 11.4. The number of hydrogen-bond donors (Lipinski definition) is 0. The molecule has 0 spiro atoms. The summed E-state index contributed by atoms with van der Waals surface area (Å²) >= 11 is 0. The molecule has 0 fully saturated rings. The van der Waals surface area contributed by atoms with Crippen molar-refractivity contribution in [1.82, 2.24) is 0 Å². The van der Waals surface area contributed by atoms with Crippen molar-refractivity contribution in [2.24, 2.45) is 0 Å². The molecule has 2 rings (SSSR count). The first-order valence-corrected chi connectivity index (χ1v) is 5.53. The molecule has 0 bridgehead atoms. The first kappa shape index (κ1) is 10.7. The molecule has 82 valence electrons. The van der Waals surface area contributed by atoms with Gasteiger partial charge in [-0.15, -0.1) is 0 Å². The number of allylic oxidation sites excluding steroid dienone is 5. The minimum Gasteiger partial charge on any atom is -0.458 e. The molecular formula is C15H16O. The molecule has 0 N–H and O–H groups in total. The quantitative estimate of drug-likeness (QED) is 0.715. The molecule has 0 amide bonds. The second kappa shape index (κ2) is 4.84. The van der Waals surface area contributed by atoms with Gasteiger partial charge in [-0.2, -0.15) is 0 Å². The van der Waals surface area contributed by atoms with Gasteiger partial charge in [0.25, 0.3) is 0 Å². The van der Waals surface area contributed by atoms with Gasteiger partial charge < -0.3 is 4.74 Å². The molecule has 0 aliphatic heterocycles. The van der Waals surface area contributed by atoms with Gasteiger partial charge >= 0.3 is 0 Å². The van der Waals surface area contributed by atoms with E-state index in [0.717, 1.165) is 17.9 Å². The van der Waals surface area contributed by atoms with Crippen LogP contribution in [0.25, 0.3) is 0 Å². The Labute approximate surface area is 96.8 Å². The van der Waals surface area contributed by atoms with Gasteiger partial charge in [0.1, 0.15) is 11.5 Å². The summed E-state index contributed by atoms with van der Waals surface area (Å²) in [5, 5.41) is 0. The number of benzene rings is 1. The fourth-order valence-electron chi connectivity index (χ4n) is 1.53. The summed E-state index contributed by atoms with van der Waals surface area (Å²) in [5.41, 5.74) is 2.52. The monoisotopic (exact) mass is 212 g/mol. The second-order valence-corrected chi connectivity index (χ2v) is 4.04. The Morgan fingerprint density at radius 1 is 0.938 bits per heavy atom. The Hall–Kier alpha value is -1.76. The van der Waals surface area contributed by atoms with Crippen LogP contribution in [0, 0.1) is 6.92 Å². The van der Waals surface area contributed by atoms with E-state index < -0.39 is 0 Å². The first-order chi connectivity index (χ1) is 7.74. The maximum atomic E-state index is 5.78. The highest BCUT2D eigenvalue weighted by molar-refractivity contribution is 5.33. The Morgan fingerprint density at radius 2 is 1.69 bits per heavy atom. The molecule has 1 heteroatoms. The Kier molecular flexibility index (Phi) is 3.25. The summed E-state index contributed by atoms with van der Waals surface area (Å²) < 4.78 is 5.78. The zero-order valence-electron chi connectivity index (χ0n) is 9.73. The average Bonchev–Trinajstić information content (AvgIpc) is 2.47. The molecule has 1 nitrogen and oxygen atoms in total. The van der Waals surface area contributed by atoms with Gasteiger partial charge in [0.05, 0.1) is 0 Å². The number of rotatable bonds is 2. The number of ether oxygens (including phenoxy) is 1. The SMILES string of the molecule is CC1=CCC=C(Oc2ccc(C)cc2)C=C1. The third-order valence-electron chi connectivity index (χ3n) is 2.53. The molecule has 1 aromatic rings. The third kappa shape index (κ3) is 2.86. The molecule has 0 atom stereocenters. The zero-order valence-corrected chi connectivity index (χ0v) is 9.73. The van der Waals surface area contributed by atoms with Gasteiger partial charge in [-0.25, -0.2) is 0 Å². The van der Waals surface area contributed by atoms with Gasteiger partial charge in [-0.3, -0.25) is 0 Å². The van der Waals surface area contributed by atoms with Crippen LogP contribution in [0.15, 0.2) is 59.9 Å².